The highest BCUT2D eigenvalue weighted by Gasteiger charge is 2.14. The van der Waals surface area contributed by atoms with Crippen molar-refractivity contribution >= 4 is 28.2 Å². The number of ether oxygens (including phenoxy) is 3. The first-order chi connectivity index (χ1) is 19.0. The number of ketones is 1. The van der Waals surface area contributed by atoms with Gasteiger partial charge in [0.2, 0.25) is 0 Å². The molecule has 7 heteroatoms. The molecule has 1 N–H and O–H groups in total. The van der Waals surface area contributed by atoms with Gasteiger partial charge in [0.25, 0.3) is 0 Å². The highest BCUT2D eigenvalue weighted by atomic mass is 16.5. The van der Waals surface area contributed by atoms with Crippen molar-refractivity contribution in [3.05, 3.63) is 108 Å². The third-order valence-electron chi connectivity index (χ3n) is 6.42. The summed E-state index contributed by atoms with van der Waals surface area (Å²) in [5.41, 5.74) is 4.44. The van der Waals surface area contributed by atoms with E-state index in [1.54, 1.807) is 32.7 Å². The van der Waals surface area contributed by atoms with Gasteiger partial charge in [0.05, 0.1) is 25.3 Å². The molecule has 196 valence electrons. The van der Waals surface area contributed by atoms with Crippen molar-refractivity contribution in [2.45, 2.75) is 19.8 Å². The molecule has 0 bridgehead atoms. The van der Waals surface area contributed by atoms with E-state index in [4.69, 9.17) is 14.2 Å². The molecule has 2 heterocycles. The summed E-state index contributed by atoms with van der Waals surface area (Å²) in [6, 6.07) is 24.8. The van der Waals surface area contributed by atoms with Gasteiger partial charge in [0.15, 0.2) is 17.3 Å². The molecular weight excluding hydrogens is 490 g/mol. The van der Waals surface area contributed by atoms with Crippen LogP contribution in [0.25, 0.3) is 10.9 Å². The van der Waals surface area contributed by atoms with Gasteiger partial charge < -0.3 is 19.5 Å². The van der Waals surface area contributed by atoms with Gasteiger partial charge >= 0.3 is 0 Å². The topological polar surface area (TPSA) is 82.6 Å². The van der Waals surface area contributed by atoms with Crippen LogP contribution in [0.2, 0.25) is 0 Å². The molecule has 0 aliphatic rings. The van der Waals surface area contributed by atoms with Crippen LogP contribution in [0, 0.1) is 6.92 Å². The lowest BCUT2D eigenvalue weighted by atomic mass is 10.0. The summed E-state index contributed by atoms with van der Waals surface area (Å²) in [4.78, 5) is 21.9. The fourth-order valence-electron chi connectivity index (χ4n) is 4.28. The van der Waals surface area contributed by atoms with Crippen LogP contribution in [0.15, 0.2) is 91.3 Å². The average molecular weight is 520 g/mol. The lowest BCUT2D eigenvalue weighted by molar-refractivity contribution is 0.0983. The Kier molecular flexibility index (Phi) is 7.68. The van der Waals surface area contributed by atoms with Crippen LogP contribution in [0.1, 0.15) is 27.9 Å². The number of rotatable bonds is 10. The molecule has 0 aliphatic carbocycles. The van der Waals surface area contributed by atoms with Crippen LogP contribution in [-0.2, 0) is 6.42 Å². The second-order valence-electron chi connectivity index (χ2n) is 9.09. The number of pyridine rings is 2. The van der Waals surface area contributed by atoms with Crippen molar-refractivity contribution < 1.29 is 19.0 Å². The highest BCUT2D eigenvalue weighted by molar-refractivity contribution is 6.01. The molecule has 0 aliphatic heterocycles. The second-order valence-corrected chi connectivity index (χ2v) is 9.09. The van der Waals surface area contributed by atoms with Crippen molar-refractivity contribution in [1.82, 2.24) is 9.97 Å². The zero-order valence-corrected chi connectivity index (χ0v) is 22.1. The number of benzene rings is 3. The van der Waals surface area contributed by atoms with Gasteiger partial charge in [-0.15, -0.1) is 0 Å². The predicted molar refractivity (Wildman–Crippen MR) is 153 cm³/mol. The van der Waals surface area contributed by atoms with E-state index in [2.05, 4.69) is 46.5 Å². The van der Waals surface area contributed by atoms with Crippen molar-refractivity contribution in [1.29, 1.82) is 0 Å². The van der Waals surface area contributed by atoms with Gasteiger partial charge in [-0.25, -0.2) is 4.98 Å². The van der Waals surface area contributed by atoms with Crippen LogP contribution in [0.4, 0.5) is 11.5 Å². The number of carbonyl (C=O) groups is 1. The zero-order valence-electron chi connectivity index (χ0n) is 22.1. The van der Waals surface area contributed by atoms with E-state index in [1.807, 2.05) is 48.5 Å². The number of carbonyl (C=O) groups excluding carboxylic acids is 1. The minimum absolute atomic E-state index is 0.0442. The summed E-state index contributed by atoms with van der Waals surface area (Å²) in [5, 5.41) is 4.08. The first-order valence-corrected chi connectivity index (χ1v) is 12.6. The SMILES string of the molecule is COc1cc2nccc(Oc3ccc(Nc4ncccc4C(=O)CCc4ccc(C)cc4)cc3)c2cc1OC. The van der Waals surface area contributed by atoms with Gasteiger partial charge in [0, 0.05) is 36.0 Å². The Morgan fingerprint density at radius 3 is 2.31 bits per heavy atom. The third kappa shape index (κ3) is 5.99. The van der Waals surface area contributed by atoms with Gasteiger partial charge in [-0.05, 0) is 67.4 Å². The highest BCUT2D eigenvalue weighted by Crippen LogP contribution is 2.37. The molecule has 0 spiro atoms. The quantitative estimate of drug-likeness (QED) is 0.194. The van der Waals surface area contributed by atoms with Crippen molar-refractivity contribution in [3.63, 3.8) is 0 Å². The maximum atomic E-state index is 13.0. The van der Waals surface area contributed by atoms with Gasteiger partial charge in [-0.1, -0.05) is 29.8 Å². The van der Waals surface area contributed by atoms with Gasteiger partial charge in [0.1, 0.15) is 17.3 Å². The van der Waals surface area contributed by atoms with Gasteiger partial charge in [-0.2, -0.15) is 0 Å². The van der Waals surface area contributed by atoms with Crippen LogP contribution in [0.5, 0.6) is 23.0 Å². The minimum atomic E-state index is 0.0442. The average Bonchev–Trinajstić information content (AvgIpc) is 2.97. The van der Waals surface area contributed by atoms with Crippen molar-refractivity contribution in [2.75, 3.05) is 19.5 Å². The number of aryl methyl sites for hydroxylation is 2. The standard InChI is InChI=1S/C32H29N3O4/c1-21-6-8-22(9-7-21)10-15-28(36)25-5-4-17-34-32(25)35-23-11-13-24(14-12-23)39-29-16-18-33-27-20-31(38-3)30(37-2)19-26(27)29/h4-9,11-14,16-20H,10,15H2,1-3H3,(H,34,35). The number of hydrogen-bond acceptors (Lipinski definition) is 7. The summed E-state index contributed by atoms with van der Waals surface area (Å²) in [6.45, 7) is 2.05. The normalized spacial score (nSPS) is 10.7. The fraction of sp³-hybridized carbons (Fsp3) is 0.156. The first kappa shape index (κ1) is 25.7. The molecule has 5 aromatic rings. The number of aromatic nitrogens is 2. The van der Waals surface area contributed by atoms with Crippen LogP contribution in [0.3, 0.4) is 0 Å². The smallest absolute Gasteiger partial charge is 0.166 e. The predicted octanol–water partition coefficient (Wildman–Crippen LogP) is 7.31. The van der Waals surface area contributed by atoms with Crippen molar-refractivity contribution in [3.8, 4) is 23.0 Å². The summed E-state index contributed by atoms with van der Waals surface area (Å²) in [5.74, 6) is 3.07. The van der Waals surface area contributed by atoms with E-state index >= 15 is 0 Å². The number of fused-ring (bicyclic) bond motifs is 1. The molecule has 0 radical (unpaired) electrons. The fourth-order valence-corrected chi connectivity index (χ4v) is 4.28. The monoisotopic (exact) mass is 519 g/mol. The summed E-state index contributed by atoms with van der Waals surface area (Å²) >= 11 is 0. The molecule has 0 unspecified atom stereocenters. The number of nitrogens with one attached hydrogen (secondary N) is 1. The van der Waals surface area contributed by atoms with E-state index in [0.717, 1.165) is 22.2 Å². The molecule has 0 atom stereocenters. The number of anilines is 2. The van der Waals surface area contributed by atoms with Gasteiger partial charge in [-0.3, -0.25) is 9.78 Å². The van der Waals surface area contributed by atoms with Crippen LogP contribution < -0.4 is 19.5 Å². The summed E-state index contributed by atoms with van der Waals surface area (Å²) < 4.78 is 17.0. The number of hydrogen-bond donors (Lipinski definition) is 1. The van der Waals surface area contributed by atoms with E-state index in [-0.39, 0.29) is 5.78 Å². The maximum absolute atomic E-state index is 13.0. The lowest BCUT2D eigenvalue weighted by Gasteiger charge is -2.13. The Morgan fingerprint density at radius 1 is 0.821 bits per heavy atom. The van der Waals surface area contributed by atoms with E-state index in [0.29, 0.717) is 47.2 Å². The third-order valence-corrected chi connectivity index (χ3v) is 6.42. The molecule has 7 nitrogen and oxygen atoms in total. The largest absolute Gasteiger partial charge is 0.493 e. The molecule has 2 aromatic heterocycles. The Hall–Kier alpha value is -4.91. The van der Waals surface area contributed by atoms with E-state index in [1.165, 1.54) is 5.56 Å². The molecule has 39 heavy (non-hydrogen) atoms. The second kappa shape index (κ2) is 11.6. The minimum Gasteiger partial charge on any atom is -0.493 e. The number of methoxy groups -OCH3 is 2. The Balaban J connectivity index is 1.29. The Morgan fingerprint density at radius 2 is 1.56 bits per heavy atom. The molecule has 3 aromatic carbocycles. The number of Topliss-reactive ketones (excluding diaryl/α,β-unsaturated/α-hetero) is 1. The van der Waals surface area contributed by atoms with E-state index < -0.39 is 0 Å². The molecule has 0 amide bonds. The van der Waals surface area contributed by atoms with E-state index in [9.17, 15) is 4.79 Å². The van der Waals surface area contributed by atoms with Crippen LogP contribution in [-0.4, -0.2) is 30.0 Å². The first-order valence-electron chi connectivity index (χ1n) is 12.6. The molecule has 0 saturated heterocycles. The zero-order chi connectivity index (χ0) is 27.2. The van der Waals surface area contributed by atoms with Crippen molar-refractivity contribution in [2.24, 2.45) is 0 Å². The molecule has 0 saturated carbocycles. The van der Waals surface area contributed by atoms with Crippen LogP contribution >= 0.6 is 0 Å². The Bertz CT molecular complexity index is 1600. The lowest BCUT2D eigenvalue weighted by Crippen LogP contribution is -2.07. The molecular formula is C32H29N3O4. The summed E-state index contributed by atoms with van der Waals surface area (Å²) in [6.07, 6.45) is 4.46. The number of nitrogens with zero attached hydrogens (tertiary/aromatic N) is 2. The molecule has 5 rings (SSSR count). The maximum Gasteiger partial charge on any atom is 0.166 e. The Labute approximate surface area is 227 Å². The summed E-state index contributed by atoms with van der Waals surface area (Å²) in [7, 11) is 3.19. The molecule has 0 fully saturated rings.